The Morgan fingerprint density at radius 1 is 0.412 bits per heavy atom. The molecule has 34 heavy (non-hydrogen) atoms. The number of aryl methyl sites for hydroxylation is 1. The van der Waals surface area contributed by atoms with E-state index in [2.05, 4.69) is 147 Å². The second-order valence-corrected chi connectivity index (χ2v) is 8.87. The lowest BCUT2D eigenvalue weighted by Crippen LogP contribution is -2.74. The van der Waals surface area contributed by atoms with Gasteiger partial charge in [-0.3, -0.25) is 0 Å². The van der Waals surface area contributed by atoms with Gasteiger partial charge in [0.15, 0.2) is 0 Å². The molecule has 0 saturated heterocycles. The van der Waals surface area contributed by atoms with Gasteiger partial charge in [-0.05, 0) is 25.5 Å². The molecule has 5 aromatic carbocycles. The molecular weight excluding hydrogens is 409 g/mol. The van der Waals surface area contributed by atoms with E-state index in [0.29, 0.717) is 0 Å². The highest BCUT2D eigenvalue weighted by Crippen LogP contribution is 2.11. The van der Waals surface area contributed by atoms with Crippen molar-refractivity contribution in [2.75, 3.05) is 0 Å². The van der Waals surface area contributed by atoms with Crippen LogP contribution in [0.5, 0.6) is 0 Å². The third-order valence-electron chi connectivity index (χ3n) is 6.92. The minimum Gasteiger partial charge on any atom is -0.325 e. The average Bonchev–Trinajstić information content (AvgIpc) is 2.91. The maximum absolute atomic E-state index is 3.88. The highest BCUT2D eigenvalue weighted by atomic mass is 14.5. The molecule has 0 saturated carbocycles. The molecule has 5 rings (SSSR count). The molecule has 0 aliphatic rings. The molecule has 0 amide bonds. The van der Waals surface area contributed by atoms with Crippen LogP contribution in [0.2, 0.25) is 0 Å². The molecule has 0 fully saturated rings. The van der Waals surface area contributed by atoms with Crippen molar-refractivity contribution in [3.8, 4) is 0 Å². The van der Waals surface area contributed by atoms with Crippen molar-refractivity contribution in [3.05, 3.63) is 151 Å². The summed E-state index contributed by atoms with van der Waals surface area (Å²) < 4.78 is 0. The van der Waals surface area contributed by atoms with Gasteiger partial charge in [0, 0.05) is 5.56 Å². The Labute approximate surface area is 203 Å². The molecule has 0 bridgehead atoms. The first-order chi connectivity index (χ1) is 16.6. The predicted octanol–water partition coefficient (Wildman–Crippen LogP) is 4.24. The monoisotopic (exact) mass is 441 g/mol. The van der Waals surface area contributed by atoms with Crippen molar-refractivity contribution in [3.63, 3.8) is 0 Å². The molecule has 0 aromatic heterocycles. The van der Waals surface area contributed by atoms with Crippen molar-refractivity contribution in [1.29, 1.82) is 0 Å². The van der Waals surface area contributed by atoms with E-state index in [0.717, 1.165) is 5.69 Å². The summed E-state index contributed by atoms with van der Waals surface area (Å²) >= 11 is 0. The van der Waals surface area contributed by atoms with E-state index < -0.39 is 6.15 Å². The van der Waals surface area contributed by atoms with Gasteiger partial charge >= 0.3 is 0 Å². The number of hydrogen-bond acceptors (Lipinski definition) is 0. The Bertz CT molecular complexity index is 1120. The number of hydrogen-bond donors (Lipinski definition) is 1. The van der Waals surface area contributed by atoms with E-state index in [1.54, 1.807) is 0 Å². The van der Waals surface area contributed by atoms with E-state index in [1.807, 2.05) is 12.1 Å². The normalized spacial score (nSPS) is 10.8. The Balaban J connectivity index is 0.000000257. The first-order valence-electron chi connectivity index (χ1n) is 11.9. The van der Waals surface area contributed by atoms with Crippen LogP contribution in [0.25, 0.3) is 0 Å². The van der Waals surface area contributed by atoms with Crippen molar-refractivity contribution in [2.24, 2.45) is 0 Å². The third-order valence-corrected chi connectivity index (χ3v) is 6.92. The van der Waals surface area contributed by atoms with Gasteiger partial charge < -0.3 is 5.73 Å². The number of benzene rings is 5. The Morgan fingerprint density at radius 2 is 0.735 bits per heavy atom. The molecule has 0 aliphatic carbocycles. The molecule has 2 heteroatoms. The minimum absolute atomic E-state index is 1.13. The summed E-state index contributed by atoms with van der Waals surface area (Å²) in [5.74, 6) is 0. The molecule has 0 unspecified atom stereocenters. The standard InChI is InChI=1S/C24H20B.C8H11N/c1-5-13-21(14-6-1)25(22-15-7-2-8-16-22,23-17-9-3-10-18-23)24-19-11-4-12-20-24;1-6-4-3-5-8(9)7(6)2/h1-20H;3-5H,9H2,1-2H3/q-1;/p+1. The lowest BCUT2D eigenvalue weighted by Gasteiger charge is -2.44. The second-order valence-electron chi connectivity index (χ2n) is 8.87. The highest BCUT2D eigenvalue weighted by Gasteiger charge is 2.30. The maximum Gasteiger partial charge on any atom is 0.131 e. The molecule has 0 spiro atoms. The summed E-state index contributed by atoms with van der Waals surface area (Å²) in [5.41, 5.74) is 13.0. The second kappa shape index (κ2) is 10.8. The summed E-state index contributed by atoms with van der Waals surface area (Å²) in [6.07, 6.45) is -1.22. The van der Waals surface area contributed by atoms with Crippen molar-refractivity contribution in [1.82, 2.24) is 0 Å². The number of quaternary nitrogens is 1. The van der Waals surface area contributed by atoms with Crippen LogP contribution >= 0.6 is 0 Å². The van der Waals surface area contributed by atoms with Gasteiger partial charge in [0.1, 0.15) is 11.8 Å². The summed E-state index contributed by atoms with van der Waals surface area (Å²) in [5, 5.41) is 0. The van der Waals surface area contributed by atoms with E-state index in [9.17, 15) is 0 Å². The Hall–Kier alpha value is -3.88. The lowest BCUT2D eigenvalue weighted by atomic mass is 9.13. The summed E-state index contributed by atoms with van der Waals surface area (Å²) in [6, 6.07) is 49.7. The zero-order chi connectivity index (χ0) is 23.8. The van der Waals surface area contributed by atoms with Crippen LogP contribution in [0.4, 0.5) is 5.69 Å². The first-order valence-corrected chi connectivity index (χ1v) is 11.9. The molecule has 0 radical (unpaired) electrons. The van der Waals surface area contributed by atoms with Crippen LogP contribution in [-0.4, -0.2) is 6.15 Å². The van der Waals surface area contributed by atoms with E-state index in [-0.39, 0.29) is 0 Å². The lowest BCUT2D eigenvalue weighted by molar-refractivity contribution is -0.255. The summed E-state index contributed by atoms with van der Waals surface area (Å²) in [7, 11) is 0. The first kappa shape index (κ1) is 23.3. The van der Waals surface area contributed by atoms with Crippen LogP contribution in [0.15, 0.2) is 140 Å². The van der Waals surface area contributed by atoms with E-state index in [4.69, 9.17) is 0 Å². The summed E-state index contributed by atoms with van der Waals surface area (Å²) in [6.45, 7) is 4.20. The van der Waals surface area contributed by atoms with Crippen LogP contribution in [0.1, 0.15) is 11.1 Å². The fraction of sp³-hybridized carbons (Fsp3) is 0.0625. The fourth-order valence-electron chi connectivity index (χ4n) is 4.93. The zero-order valence-electron chi connectivity index (χ0n) is 20.1. The van der Waals surface area contributed by atoms with Crippen LogP contribution in [0, 0.1) is 13.8 Å². The molecule has 0 heterocycles. The molecule has 1 nitrogen and oxygen atoms in total. The van der Waals surface area contributed by atoms with Gasteiger partial charge in [0.25, 0.3) is 0 Å². The van der Waals surface area contributed by atoms with Gasteiger partial charge in [-0.15, -0.1) is 0 Å². The predicted molar refractivity (Wildman–Crippen MR) is 149 cm³/mol. The topological polar surface area (TPSA) is 27.6 Å². The Morgan fingerprint density at radius 3 is 1.00 bits per heavy atom. The van der Waals surface area contributed by atoms with E-state index in [1.165, 1.54) is 33.0 Å². The highest BCUT2D eigenvalue weighted by molar-refractivity contribution is 7.19. The van der Waals surface area contributed by atoms with Crippen molar-refractivity contribution in [2.45, 2.75) is 13.8 Å². The molecule has 5 aromatic rings. The fourth-order valence-corrected chi connectivity index (χ4v) is 4.93. The van der Waals surface area contributed by atoms with Gasteiger partial charge in [-0.25, -0.2) is 0 Å². The van der Waals surface area contributed by atoms with Gasteiger partial charge in [0.05, 0.1) is 0 Å². The number of rotatable bonds is 4. The van der Waals surface area contributed by atoms with Gasteiger partial charge in [-0.2, -0.15) is 21.9 Å². The SMILES string of the molecule is Cc1cccc([NH3+])c1C.c1ccc([B-](c2ccccc2)(c2ccccc2)c2ccccc2)cc1. The minimum atomic E-state index is -1.22. The zero-order valence-corrected chi connectivity index (χ0v) is 20.1. The Kier molecular flexibility index (Phi) is 7.42. The molecule has 3 N–H and O–H groups in total. The molecule has 168 valence electrons. The van der Waals surface area contributed by atoms with E-state index >= 15 is 0 Å². The molecule has 0 aliphatic heterocycles. The third kappa shape index (κ3) is 4.73. The van der Waals surface area contributed by atoms with Gasteiger partial charge in [0.2, 0.25) is 0 Å². The maximum atomic E-state index is 3.88. The molecule has 0 atom stereocenters. The van der Waals surface area contributed by atoms with Crippen LogP contribution < -0.4 is 27.6 Å². The quantitative estimate of drug-likeness (QED) is 0.404. The smallest absolute Gasteiger partial charge is 0.131 e. The van der Waals surface area contributed by atoms with Gasteiger partial charge in [-0.1, -0.05) is 133 Å². The molecular formula is C32H32BN. The van der Waals surface area contributed by atoms with Crippen molar-refractivity contribution < 1.29 is 5.73 Å². The van der Waals surface area contributed by atoms with Crippen LogP contribution in [-0.2, 0) is 0 Å². The van der Waals surface area contributed by atoms with Crippen LogP contribution in [0.3, 0.4) is 0 Å². The average molecular weight is 441 g/mol. The summed E-state index contributed by atoms with van der Waals surface area (Å²) in [4.78, 5) is 0. The van der Waals surface area contributed by atoms with Crippen molar-refractivity contribution >= 4 is 33.7 Å². The largest absolute Gasteiger partial charge is 0.325 e.